The minimum absolute atomic E-state index is 0.0561. The highest BCUT2D eigenvalue weighted by atomic mass is 32.2. The first kappa shape index (κ1) is 22.9. The molecule has 3 aromatic rings. The van der Waals surface area contributed by atoms with Gasteiger partial charge in [-0.1, -0.05) is 55.1 Å². The van der Waals surface area contributed by atoms with Crippen LogP contribution in [0.15, 0.2) is 53.7 Å². The number of hydrogen-bond donors (Lipinski definition) is 1. The van der Waals surface area contributed by atoms with Gasteiger partial charge in [0.25, 0.3) is 0 Å². The lowest BCUT2D eigenvalue weighted by atomic mass is 10.2. The van der Waals surface area contributed by atoms with Crippen molar-refractivity contribution in [3.63, 3.8) is 0 Å². The Hall–Kier alpha value is -2.78. The normalized spacial score (nSPS) is 12.2. The molecule has 9 heteroatoms. The summed E-state index contributed by atoms with van der Waals surface area (Å²) < 4.78 is 29.6. The van der Waals surface area contributed by atoms with Crippen molar-refractivity contribution in [2.45, 2.75) is 31.1 Å². The van der Waals surface area contributed by atoms with Crippen LogP contribution in [-0.4, -0.2) is 45.4 Å². The standard InChI is InChI=1S/C22H25F2N5OS/c1-4-18(28(2)3)21-26-27-22(29(21)13-15-9-6-5-7-10-15)31-14-19(30)25-20-16(23)11-8-12-17(20)24/h5-12,18H,4,13-14H2,1-3H3,(H,25,30)/t18-/m0/s1. The fourth-order valence-corrected chi connectivity index (χ4v) is 4.01. The Labute approximate surface area is 184 Å². The fourth-order valence-electron chi connectivity index (χ4n) is 3.27. The number of hydrogen-bond acceptors (Lipinski definition) is 5. The second-order valence-corrected chi connectivity index (χ2v) is 8.18. The lowest BCUT2D eigenvalue weighted by molar-refractivity contribution is -0.113. The van der Waals surface area contributed by atoms with Gasteiger partial charge in [-0.05, 0) is 38.2 Å². The third kappa shape index (κ3) is 5.68. The van der Waals surface area contributed by atoms with Gasteiger partial charge in [0.2, 0.25) is 5.91 Å². The highest BCUT2D eigenvalue weighted by molar-refractivity contribution is 7.99. The lowest BCUT2D eigenvalue weighted by Crippen LogP contribution is -2.23. The van der Waals surface area contributed by atoms with E-state index < -0.39 is 23.2 Å². The van der Waals surface area contributed by atoms with E-state index in [0.29, 0.717) is 11.7 Å². The van der Waals surface area contributed by atoms with Crippen LogP contribution in [0, 0.1) is 11.6 Å². The zero-order chi connectivity index (χ0) is 22.4. The smallest absolute Gasteiger partial charge is 0.235 e. The largest absolute Gasteiger partial charge is 0.320 e. The number of amides is 1. The average Bonchev–Trinajstić information content (AvgIpc) is 3.12. The highest BCUT2D eigenvalue weighted by Crippen LogP contribution is 2.26. The average molecular weight is 446 g/mol. The fraction of sp³-hybridized carbons (Fsp3) is 0.318. The molecule has 1 amide bonds. The van der Waals surface area contributed by atoms with E-state index in [4.69, 9.17) is 0 Å². The summed E-state index contributed by atoms with van der Waals surface area (Å²) in [4.78, 5) is 14.4. The number of rotatable bonds is 9. The molecule has 2 aromatic carbocycles. The summed E-state index contributed by atoms with van der Waals surface area (Å²) in [5, 5.41) is 11.6. The maximum absolute atomic E-state index is 13.8. The Bertz CT molecular complexity index is 1010. The summed E-state index contributed by atoms with van der Waals surface area (Å²) in [5.74, 6) is -1.41. The Morgan fingerprint density at radius 1 is 1.10 bits per heavy atom. The number of nitrogens with zero attached hydrogens (tertiary/aromatic N) is 4. The second kappa shape index (κ2) is 10.5. The minimum Gasteiger partial charge on any atom is -0.320 e. The van der Waals surface area contributed by atoms with E-state index in [1.165, 1.54) is 17.8 Å². The van der Waals surface area contributed by atoms with E-state index in [2.05, 4.69) is 27.3 Å². The quantitative estimate of drug-likeness (QED) is 0.496. The molecule has 0 aliphatic heterocycles. The van der Waals surface area contributed by atoms with E-state index in [1.54, 1.807) is 0 Å². The third-order valence-electron chi connectivity index (χ3n) is 4.80. The number of carbonyl (C=O) groups excluding carboxylic acids is 1. The first-order valence-corrected chi connectivity index (χ1v) is 10.9. The maximum Gasteiger partial charge on any atom is 0.235 e. The van der Waals surface area contributed by atoms with Crippen LogP contribution in [0.4, 0.5) is 14.5 Å². The Kier molecular flexibility index (Phi) is 7.75. The molecule has 3 rings (SSSR count). The van der Waals surface area contributed by atoms with Crippen LogP contribution in [0.5, 0.6) is 0 Å². The van der Waals surface area contributed by atoms with Crippen molar-refractivity contribution in [1.82, 2.24) is 19.7 Å². The third-order valence-corrected chi connectivity index (χ3v) is 5.76. The predicted molar refractivity (Wildman–Crippen MR) is 118 cm³/mol. The van der Waals surface area contributed by atoms with Crippen molar-refractivity contribution in [2.24, 2.45) is 0 Å². The van der Waals surface area contributed by atoms with Gasteiger partial charge in [0, 0.05) is 0 Å². The maximum atomic E-state index is 13.8. The number of nitrogens with one attached hydrogen (secondary N) is 1. The van der Waals surface area contributed by atoms with Crippen molar-refractivity contribution in [3.05, 3.63) is 71.6 Å². The van der Waals surface area contributed by atoms with E-state index in [0.717, 1.165) is 29.9 Å². The zero-order valence-corrected chi connectivity index (χ0v) is 18.5. The summed E-state index contributed by atoms with van der Waals surface area (Å²) >= 11 is 1.18. The summed E-state index contributed by atoms with van der Waals surface area (Å²) in [6.07, 6.45) is 0.845. The molecule has 31 heavy (non-hydrogen) atoms. The highest BCUT2D eigenvalue weighted by Gasteiger charge is 2.23. The molecule has 1 aromatic heterocycles. The first-order chi connectivity index (χ1) is 14.9. The second-order valence-electron chi connectivity index (χ2n) is 7.23. The number of para-hydroxylation sites is 1. The number of aromatic nitrogens is 3. The monoisotopic (exact) mass is 445 g/mol. The van der Waals surface area contributed by atoms with Gasteiger partial charge in [0.15, 0.2) is 11.0 Å². The van der Waals surface area contributed by atoms with Crippen molar-refractivity contribution in [3.8, 4) is 0 Å². The Morgan fingerprint density at radius 2 is 1.77 bits per heavy atom. The molecule has 0 bridgehead atoms. The number of thioether (sulfide) groups is 1. The molecule has 0 saturated heterocycles. The molecule has 164 valence electrons. The molecule has 0 fully saturated rings. The van der Waals surface area contributed by atoms with Crippen molar-refractivity contribution in [1.29, 1.82) is 0 Å². The molecule has 0 radical (unpaired) electrons. The van der Waals surface area contributed by atoms with Crippen molar-refractivity contribution in [2.75, 3.05) is 25.2 Å². The summed E-state index contributed by atoms with van der Waals surface area (Å²) in [6.45, 7) is 2.63. The number of benzene rings is 2. The van der Waals surface area contributed by atoms with Gasteiger partial charge in [0.1, 0.15) is 17.3 Å². The van der Waals surface area contributed by atoms with Gasteiger partial charge in [-0.15, -0.1) is 10.2 Å². The molecule has 0 aliphatic rings. The van der Waals surface area contributed by atoms with Crippen LogP contribution in [0.25, 0.3) is 0 Å². The SMILES string of the molecule is CC[C@@H](c1nnc(SCC(=O)Nc2c(F)cccc2F)n1Cc1ccccc1)N(C)C. The van der Waals surface area contributed by atoms with Gasteiger partial charge in [-0.25, -0.2) is 8.78 Å². The predicted octanol–water partition coefficient (Wildman–Crippen LogP) is 4.35. The van der Waals surface area contributed by atoms with Crippen LogP contribution in [0.2, 0.25) is 0 Å². The van der Waals surface area contributed by atoms with Crippen LogP contribution >= 0.6 is 11.8 Å². The van der Waals surface area contributed by atoms with E-state index >= 15 is 0 Å². The first-order valence-electron chi connectivity index (χ1n) is 9.90. The Balaban J connectivity index is 1.80. The van der Waals surface area contributed by atoms with E-state index in [-0.39, 0.29) is 11.8 Å². The van der Waals surface area contributed by atoms with E-state index in [1.807, 2.05) is 49.0 Å². The molecule has 1 heterocycles. The molecule has 0 spiro atoms. The van der Waals surface area contributed by atoms with E-state index in [9.17, 15) is 13.6 Å². The number of carbonyl (C=O) groups is 1. The van der Waals surface area contributed by atoms with Crippen LogP contribution < -0.4 is 5.32 Å². The number of halogens is 2. The van der Waals surface area contributed by atoms with Crippen LogP contribution in [0.3, 0.4) is 0 Å². The molecular weight excluding hydrogens is 420 g/mol. The minimum atomic E-state index is -0.815. The number of anilines is 1. The Morgan fingerprint density at radius 3 is 2.39 bits per heavy atom. The molecule has 1 N–H and O–H groups in total. The molecule has 0 unspecified atom stereocenters. The van der Waals surface area contributed by atoms with Gasteiger partial charge in [-0.3, -0.25) is 9.69 Å². The molecule has 1 atom stereocenters. The summed E-state index contributed by atoms with van der Waals surface area (Å²) in [7, 11) is 3.97. The lowest BCUT2D eigenvalue weighted by Gasteiger charge is -2.23. The summed E-state index contributed by atoms with van der Waals surface area (Å²) in [6, 6.07) is 13.4. The zero-order valence-electron chi connectivity index (χ0n) is 17.7. The van der Waals surface area contributed by atoms with Gasteiger partial charge < -0.3 is 9.88 Å². The summed E-state index contributed by atoms with van der Waals surface area (Å²) in [5.41, 5.74) is 0.634. The van der Waals surface area contributed by atoms with Gasteiger partial charge in [-0.2, -0.15) is 0 Å². The molecular formula is C22H25F2N5OS. The van der Waals surface area contributed by atoms with Crippen LogP contribution in [0.1, 0.15) is 30.8 Å². The van der Waals surface area contributed by atoms with Gasteiger partial charge >= 0.3 is 0 Å². The molecule has 6 nitrogen and oxygen atoms in total. The molecule has 0 aliphatic carbocycles. The van der Waals surface area contributed by atoms with Crippen LogP contribution in [-0.2, 0) is 11.3 Å². The molecule has 0 saturated carbocycles. The van der Waals surface area contributed by atoms with Crippen molar-refractivity contribution < 1.29 is 13.6 Å². The van der Waals surface area contributed by atoms with Gasteiger partial charge in [0.05, 0.1) is 18.3 Å². The topological polar surface area (TPSA) is 63.1 Å². The van der Waals surface area contributed by atoms with Crippen molar-refractivity contribution >= 4 is 23.4 Å².